The topological polar surface area (TPSA) is 73.4 Å². The molecule has 2 aromatic heterocycles. The van der Waals surface area contributed by atoms with Crippen LogP contribution in [0.4, 0.5) is 0 Å². The van der Waals surface area contributed by atoms with Crippen molar-refractivity contribution in [3.05, 3.63) is 134 Å². The van der Waals surface area contributed by atoms with Crippen molar-refractivity contribution in [1.82, 2.24) is 9.97 Å². The van der Waals surface area contributed by atoms with Crippen LogP contribution in [-0.2, 0) is 25.3 Å². The first-order valence-electron chi connectivity index (χ1n) is 9.17. The molecule has 4 rings (SSSR count). The van der Waals surface area contributed by atoms with E-state index in [9.17, 15) is 0 Å². The Labute approximate surface area is 225 Å². The van der Waals surface area contributed by atoms with Crippen molar-refractivity contribution in [2.75, 3.05) is 0 Å². The Morgan fingerprint density at radius 2 is 0.818 bits per heavy atom. The molecule has 0 amide bonds. The van der Waals surface area contributed by atoms with Crippen LogP contribution in [0.3, 0.4) is 0 Å². The molecule has 0 unspecified atom stereocenters. The summed E-state index contributed by atoms with van der Waals surface area (Å²) >= 11 is 7.40. The van der Waals surface area contributed by atoms with Crippen LogP contribution in [0, 0.1) is 35.2 Å². The molecule has 2 aromatic carbocycles. The zero-order chi connectivity index (χ0) is 23.9. The van der Waals surface area contributed by atoms with Crippen molar-refractivity contribution in [2.45, 2.75) is 0 Å². The number of hydrogen-bond donors (Lipinski definition) is 0. The van der Waals surface area contributed by atoms with E-state index in [0.29, 0.717) is 0 Å². The van der Waals surface area contributed by atoms with E-state index in [-0.39, 0.29) is 23.9 Å². The summed E-state index contributed by atoms with van der Waals surface area (Å²) in [5.74, 6) is 0. The van der Waals surface area contributed by atoms with Gasteiger partial charge in [0.25, 0.3) is 0 Å². The molecule has 4 nitrogen and oxygen atoms in total. The Morgan fingerprint density at radius 3 is 1.00 bits per heavy atom. The second-order valence-electron chi connectivity index (χ2n) is 5.58. The fourth-order valence-corrected chi connectivity index (χ4v) is 1.98. The molecule has 0 spiro atoms. The summed E-state index contributed by atoms with van der Waals surface area (Å²) in [6.45, 7) is 7.44. The average Bonchev–Trinajstić information content (AvgIpc) is 2.83. The number of benzene rings is 2. The fraction of sp³-hybridized carbons (Fsp3) is 0. The van der Waals surface area contributed by atoms with E-state index in [1.807, 2.05) is 97.1 Å². The van der Waals surface area contributed by atoms with E-state index in [0.717, 1.165) is 22.5 Å². The van der Waals surface area contributed by atoms with Crippen LogP contribution in [0.5, 0.6) is 0 Å². The van der Waals surface area contributed by atoms with Gasteiger partial charge in [-0.2, -0.15) is 49.2 Å². The maximum absolute atomic E-state index is 7.13. The fourth-order valence-electron chi connectivity index (χ4n) is 1.98. The van der Waals surface area contributed by atoms with Crippen molar-refractivity contribution >= 4 is 49.2 Å². The summed E-state index contributed by atoms with van der Waals surface area (Å²) in [6.07, 6.45) is 3.54. The van der Waals surface area contributed by atoms with E-state index >= 15 is 0 Å². The molecular weight excluding hydrogens is 551 g/mol. The van der Waals surface area contributed by atoms with Crippen molar-refractivity contribution in [3.8, 4) is 22.2 Å². The predicted octanol–water partition coefficient (Wildman–Crippen LogP) is 5.53. The third kappa shape index (κ3) is 19.1. The van der Waals surface area contributed by atoms with Gasteiger partial charge in [-0.25, -0.2) is 10.5 Å². The third-order valence-electron chi connectivity index (χ3n) is 3.28. The summed E-state index contributed by atoms with van der Waals surface area (Å²) in [5, 5.41) is 16.9. The molecule has 33 heavy (non-hydrogen) atoms. The van der Waals surface area contributed by atoms with Crippen molar-refractivity contribution in [1.29, 1.82) is 10.5 Å². The van der Waals surface area contributed by atoms with Crippen molar-refractivity contribution in [2.24, 2.45) is 0 Å². The normalized spacial score (nSPS) is 7.58. The predicted molar refractivity (Wildman–Crippen MR) is 141 cm³/mol. The molecule has 0 fully saturated rings. The van der Waals surface area contributed by atoms with Gasteiger partial charge < -0.3 is 25.3 Å². The molecule has 0 aliphatic heterocycles. The average molecular weight is 573 g/mol. The molecule has 7 heteroatoms. The Kier molecular flexibility index (Phi) is 22.6. The Hall–Kier alpha value is -3.30. The first-order chi connectivity index (χ1) is 15.6. The van der Waals surface area contributed by atoms with Gasteiger partial charge in [-0.1, -0.05) is 35.1 Å². The zero-order valence-corrected chi connectivity index (χ0v) is 22.4. The minimum absolute atomic E-state index is 0. The van der Waals surface area contributed by atoms with Crippen LogP contribution in [0.1, 0.15) is 11.1 Å². The first kappa shape index (κ1) is 31.9. The number of rotatable bonds is 1. The second-order valence-corrected chi connectivity index (χ2v) is 5.95. The van der Waals surface area contributed by atoms with Gasteiger partial charge in [-0.05, 0) is 24.3 Å². The molecule has 0 aliphatic carbocycles. The van der Waals surface area contributed by atoms with Crippen LogP contribution in [0.25, 0.3) is 11.4 Å². The van der Waals surface area contributed by atoms with E-state index in [1.54, 1.807) is 12.4 Å². The van der Waals surface area contributed by atoms with E-state index in [4.69, 9.17) is 10.5 Å². The van der Waals surface area contributed by atoms with Gasteiger partial charge in [-0.3, -0.25) is 9.97 Å². The Balaban J connectivity index is 0. The van der Waals surface area contributed by atoms with E-state index in [2.05, 4.69) is 49.1 Å². The minimum atomic E-state index is 0. The van der Waals surface area contributed by atoms with Gasteiger partial charge in [-0.15, -0.1) is 24.3 Å². The minimum Gasteiger partial charge on any atom is -0.696 e. The standard InChI is InChI=1S/C10H8N2.2C7H7.2CHNS.Sn/c1-3-7-11-9(5-1)10-6-2-4-8-12-10;2*1-7-5-3-2-4-6-7;2*2-1-3;/h1-8H;2*2-6H,1H2;2*3H;/q;2*-1;;;/p-2. The molecule has 4 aromatic rings. The van der Waals surface area contributed by atoms with Crippen LogP contribution in [0.2, 0.25) is 0 Å². The number of nitrogens with zero attached hydrogens (tertiary/aromatic N) is 4. The van der Waals surface area contributed by atoms with Gasteiger partial charge in [0.1, 0.15) is 0 Å². The molecule has 2 heterocycles. The molecule has 4 radical (unpaired) electrons. The summed E-state index contributed by atoms with van der Waals surface area (Å²) in [5.41, 5.74) is 3.97. The van der Waals surface area contributed by atoms with Gasteiger partial charge in [0, 0.05) is 36.3 Å². The number of hydrogen-bond acceptors (Lipinski definition) is 6. The summed E-state index contributed by atoms with van der Waals surface area (Å²) < 4.78 is 0. The SMILES string of the molecule is N#C[S-].N#C[S-].[CH2-]c1ccccc1.[CH2-]c1ccccc1.[Sn].c1ccc(-c2ccccn2)nc1. The zero-order valence-electron chi connectivity index (χ0n) is 17.9. The maximum atomic E-state index is 7.13. The largest absolute Gasteiger partial charge is 0.696 e. The first-order valence-corrected chi connectivity index (χ1v) is 9.99. The number of nitriles is 2. The molecule has 0 N–H and O–H groups in total. The number of aromatic nitrogens is 2. The van der Waals surface area contributed by atoms with Crippen LogP contribution in [0.15, 0.2) is 109 Å². The Bertz CT molecular complexity index is 935. The van der Waals surface area contributed by atoms with Gasteiger partial charge >= 0.3 is 0 Å². The summed E-state index contributed by atoms with van der Waals surface area (Å²) in [6, 6.07) is 31.3. The van der Waals surface area contributed by atoms with E-state index in [1.165, 1.54) is 10.8 Å². The maximum Gasteiger partial charge on any atom is 0.0886 e. The molecule has 0 bridgehead atoms. The van der Waals surface area contributed by atoms with Crippen LogP contribution in [-0.4, -0.2) is 33.9 Å². The monoisotopic (exact) mass is 574 g/mol. The molecular formula is C26H22N4S2Sn-4. The quantitative estimate of drug-likeness (QED) is 0.129. The smallest absolute Gasteiger partial charge is 0.0886 e. The third-order valence-corrected chi connectivity index (χ3v) is 3.28. The molecule has 0 atom stereocenters. The van der Waals surface area contributed by atoms with Gasteiger partial charge in [0.05, 0.1) is 11.4 Å². The van der Waals surface area contributed by atoms with Crippen LogP contribution >= 0.6 is 0 Å². The Morgan fingerprint density at radius 1 is 0.545 bits per heavy atom. The van der Waals surface area contributed by atoms with Crippen LogP contribution < -0.4 is 0 Å². The summed E-state index contributed by atoms with van der Waals surface area (Å²) in [7, 11) is 0. The van der Waals surface area contributed by atoms with Crippen molar-refractivity contribution in [3.63, 3.8) is 0 Å². The van der Waals surface area contributed by atoms with Crippen molar-refractivity contribution < 1.29 is 0 Å². The van der Waals surface area contributed by atoms with Gasteiger partial charge in [0.15, 0.2) is 0 Å². The van der Waals surface area contributed by atoms with E-state index < -0.39 is 0 Å². The second kappa shape index (κ2) is 23.4. The van der Waals surface area contributed by atoms with Gasteiger partial charge in [0.2, 0.25) is 0 Å². The number of thiocyanates is 2. The number of pyridine rings is 2. The molecule has 0 saturated heterocycles. The summed E-state index contributed by atoms with van der Waals surface area (Å²) in [4.78, 5) is 8.37. The molecule has 0 saturated carbocycles. The molecule has 0 aliphatic rings. The molecule has 166 valence electrons.